The molecule has 3 rings (SSSR count). The molecule has 3 heterocycles. The Bertz CT molecular complexity index is 361. The molecule has 0 bridgehead atoms. The molecule has 3 nitrogen and oxygen atoms in total. The standard InChI is InChI=1S/C12H19N3/c1-9-12(10-5-2-3-7-13-10)15-8-4-6-11(15)14-9/h10,13H,2-8H2,1H3. The number of piperidine rings is 1. The van der Waals surface area contributed by atoms with Gasteiger partial charge < -0.3 is 9.88 Å². The summed E-state index contributed by atoms with van der Waals surface area (Å²) in [6.45, 7) is 4.52. The first-order valence-electron chi connectivity index (χ1n) is 6.15. The van der Waals surface area contributed by atoms with Gasteiger partial charge in [0.2, 0.25) is 0 Å². The van der Waals surface area contributed by atoms with Crippen LogP contribution < -0.4 is 5.32 Å². The third-order valence-corrected chi connectivity index (χ3v) is 3.69. The lowest BCUT2D eigenvalue weighted by Gasteiger charge is -2.25. The van der Waals surface area contributed by atoms with Crippen LogP contribution in [0.1, 0.15) is 48.9 Å². The fraction of sp³-hybridized carbons (Fsp3) is 0.750. The van der Waals surface area contributed by atoms with Gasteiger partial charge in [0.1, 0.15) is 5.82 Å². The smallest absolute Gasteiger partial charge is 0.109 e. The van der Waals surface area contributed by atoms with Crippen molar-refractivity contribution in [2.75, 3.05) is 6.54 Å². The molecule has 15 heavy (non-hydrogen) atoms. The first-order chi connectivity index (χ1) is 7.36. The number of aromatic nitrogens is 2. The van der Waals surface area contributed by atoms with E-state index in [4.69, 9.17) is 0 Å². The molecule has 1 atom stereocenters. The molecular weight excluding hydrogens is 186 g/mol. The van der Waals surface area contributed by atoms with Crippen LogP contribution in [-0.2, 0) is 13.0 Å². The van der Waals surface area contributed by atoms with E-state index in [-0.39, 0.29) is 0 Å². The van der Waals surface area contributed by atoms with Gasteiger partial charge in [-0.1, -0.05) is 6.42 Å². The second kappa shape index (κ2) is 3.63. The molecule has 3 heteroatoms. The molecule has 0 amide bonds. The van der Waals surface area contributed by atoms with Crippen molar-refractivity contribution < 1.29 is 0 Å². The maximum Gasteiger partial charge on any atom is 0.109 e. The van der Waals surface area contributed by atoms with Crippen LogP contribution in [0.2, 0.25) is 0 Å². The molecule has 1 aromatic rings. The van der Waals surface area contributed by atoms with Gasteiger partial charge in [0.15, 0.2) is 0 Å². The quantitative estimate of drug-likeness (QED) is 0.759. The van der Waals surface area contributed by atoms with Crippen molar-refractivity contribution in [2.24, 2.45) is 0 Å². The van der Waals surface area contributed by atoms with Gasteiger partial charge in [0, 0.05) is 19.0 Å². The van der Waals surface area contributed by atoms with E-state index in [2.05, 4.69) is 21.8 Å². The fourth-order valence-electron chi connectivity index (χ4n) is 3.01. The van der Waals surface area contributed by atoms with Gasteiger partial charge >= 0.3 is 0 Å². The summed E-state index contributed by atoms with van der Waals surface area (Å²) in [6.07, 6.45) is 6.43. The Hall–Kier alpha value is -0.830. The number of rotatable bonds is 1. The highest BCUT2D eigenvalue weighted by molar-refractivity contribution is 5.22. The molecule has 2 aliphatic heterocycles. The molecule has 2 aliphatic rings. The lowest BCUT2D eigenvalue weighted by atomic mass is 10.0. The summed E-state index contributed by atoms with van der Waals surface area (Å²) in [5, 5.41) is 3.63. The number of imidazole rings is 1. The van der Waals surface area contributed by atoms with E-state index in [1.54, 1.807) is 0 Å². The number of hydrogen-bond donors (Lipinski definition) is 1. The molecule has 1 aromatic heterocycles. The Balaban J connectivity index is 1.95. The number of fused-ring (bicyclic) bond motifs is 1. The van der Waals surface area contributed by atoms with Crippen LogP contribution in [-0.4, -0.2) is 16.1 Å². The van der Waals surface area contributed by atoms with Crippen molar-refractivity contribution in [3.63, 3.8) is 0 Å². The van der Waals surface area contributed by atoms with Crippen molar-refractivity contribution in [3.8, 4) is 0 Å². The monoisotopic (exact) mass is 205 g/mol. The third-order valence-electron chi connectivity index (χ3n) is 3.69. The van der Waals surface area contributed by atoms with E-state index in [0.29, 0.717) is 6.04 Å². The zero-order valence-corrected chi connectivity index (χ0v) is 9.42. The maximum absolute atomic E-state index is 4.69. The molecule has 0 radical (unpaired) electrons. The Morgan fingerprint density at radius 2 is 2.27 bits per heavy atom. The Kier molecular flexibility index (Phi) is 2.28. The van der Waals surface area contributed by atoms with E-state index in [9.17, 15) is 0 Å². The summed E-state index contributed by atoms with van der Waals surface area (Å²) < 4.78 is 2.46. The van der Waals surface area contributed by atoms with Crippen LogP contribution in [0, 0.1) is 6.92 Å². The van der Waals surface area contributed by atoms with Gasteiger partial charge in [0.25, 0.3) is 0 Å². The lowest BCUT2D eigenvalue weighted by Crippen LogP contribution is -2.29. The molecule has 0 saturated carbocycles. The number of hydrogen-bond acceptors (Lipinski definition) is 2. The minimum absolute atomic E-state index is 0.568. The van der Waals surface area contributed by atoms with Crippen molar-refractivity contribution in [1.82, 2.24) is 14.9 Å². The zero-order chi connectivity index (χ0) is 10.3. The maximum atomic E-state index is 4.69. The number of nitrogens with zero attached hydrogens (tertiary/aromatic N) is 2. The van der Waals surface area contributed by atoms with E-state index in [0.717, 1.165) is 0 Å². The van der Waals surface area contributed by atoms with E-state index >= 15 is 0 Å². The van der Waals surface area contributed by atoms with Crippen molar-refractivity contribution in [3.05, 3.63) is 17.2 Å². The molecular formula is C12H19N3. The first kappa shape index (κ1) is 9.40. The summed E-state index contributed by atoms with van der Waals surface area (Å²) in [7, 11) is 0. The zero-order valence-electron chi connectivity index (χ0n) is 9.42. The highest BCUT2D eigenvalue weighted by Crippen LogP contribution is 2.29. The second-order valence-corrected chi connectivity index (χ2v) is 4.76. The van der Waals surface area contributed by atoms with Crippen molar-refractivity contribution >= 4 is 0 Å². The van der Waals surface area contributed by atoms with Crippen LogP contribution in [0.3, 0.4) is 0 Å². The summed E-state index contributed by atoms with van der Waals surface area (Å²) >= 11 is 0. The summed E-state index contributed by atoms with van der Waals surface area (Å²) in [6, 6.07) is 0.568. The minimum Gasteiger partial charge on any atom is -0.330 e. The summed E-state index contributed by atoms with van der Waals surface area (Å²) in [4.78, 5) is 4.69. The van der Waals surface area contributed by atoms with Crippen molar-refractivity contribution in [2.45, 2.75) is 51.6 Å². The fourth-order valence-corrected chi connectivity index (χ4v) is 3.01. The largest absolute Gasteiger partial charge is 0.330 e. The minimum atomic E-state index is 0.568. The van der Waals surface area contributed by atoms with E-state index in [1.807, 2.05) is 0 Å². The first-order valence-corrected chi connectivity index (χ1v) is 6.15. The highest BCUT2D eigenvalue weighted by atomic mass is 15.1. The van der Waals surface area contributed by atoms with Gasteiger partial charge in [-0.15, -0.1) is 0 Å². The number of nitrogens with one attached hydrogen (secondary N) is 1. The molecule has 1 N–H and O–H groups in total. The van der Waals surface area contributed by atoms with Crippen molar-refractivity contribution in [1.29, 1.82) is 0 Å². The molecule has 0 spiro atoms. The van der Waals surface area contributed by atoms with E-state index < -0.39 is 0 Å². The summed E-state index contributed by atoms with van der Waals surface area (Å²) in [5.41, 5.74) is 2.73. The molecule has 1 fully saturated rings. The van der Waals surface area contributed by atoms with Crippen LogP contribution in [0.25, 0.3) is 0 Å². The van der Waals surface area contributed by atoms with Gasteiger partial charge in [-0.05, 0) is 32.7 Å². The van der Waals surface area contributed by atoms with Crippen LogP contribution >= 0.6 is 0 Å². The second-order valence-electron chi connectivity index (χ2n) is 4.76. The lowest BCUT2D eigenvalue weighted by molar-refractivity contribution is 0.393. The topological polar surface area (TPSA) is 29.9 Å². The Morgan fingerprint density at radius 3 is 3.07 bits per heavy atom. The normalized spacial score (nSPS) is 25.5. The molecule has 0 aliphatic carbocycles. The highest BCUT2D eigenvalue weighted by Gasteiger charge is 2.25. The van der Waals surface area contributed by atoms with Crippen LogP contribution in [0.15, 0.2) is 0 Å². The predicted octanol–water partition coefficient (Wildman–Crippen LogP) is 1.95. The average Bonchev–Trinajstić information content (AvgIpc) is 2.78. The number of aryl methyl sites for hydroxylation is 2. The van der Waals surface area contributed by atoms with Gasteiger partial charge in [-0.2, -0.15) is 0 Å². The SMILES string of the molecule is Cc1nc2n(c1C1CCCCN1)CCC2. The van der Waals surface area contributed by atoms with Crippen LogP contribution in [0.5, 0.6) is 0 Å². The van der Waals surface area contributed by atoms with Gasteiger partial charge in [-0.25, -0.2) is 4.98 Å². The Labute approximate surface area is 90.9 Å². The average molecular weight is 205 g/mol. The van der Waals surface area contributed by atoms with Crippen LogP contribution in [0.4, 0.5) is 0 Å². The molecule has 1 saturated heterocycles. The Morgan fingerprint density at radius 1 is 1.33 bits per heavy atom. The molecule has 82 valence electrons. The summed E-state index contributed by atoms with van der Waals surface area (Å²) in [5.74, 6) is 1.31. The molecule has 1 unspecified atom stereocenters. The van der Waals surface area contributed by atoms with E-state index in [1.165, 1.54) is 62.4 Å². The van der Waals surface area contributed by atoms with Gasteiger partial charge in [-0.3, -0.25) is 0 Å². The predicted molar refractivity (Wildman–Crippen MR) is 59.9 cm³/mol. The third kappa shape index (κ3) is 1.49. The molecule has 0 aromatic carbocycles. The van der Waals surface area contributed by atoms with Gasteiger partial charge in [0.05, 0.1) is 11.4 Å².